The maximum atomic E-state index is 5.32. The van der Waals surface area contributed by atoms with Crippen LogP contribution in [-0.2, 0) is 0 Å². The Morgan fingerprint density at radius 2 is 1.61 bits per heavy atom. The SMILES string of the molecule is C=CC1c2ccccc2N2c3nc(-c4c(C(C)C)cccc4C(C)C)cnc3N(C)C2C1C. The normalized spacial score (nSPS) is 21.3. The molecule has 0 N–H and O–H groups in total. The first kappa shape index (κ1) is 21.7. The van der Waals surface area contributed by atoms with Gasteiger partial charge in [-0.15, -0.1) is 6.58 Å². The summed E-state index contributed by atoms with van der Waals surface area (Å²) in [6.07, 6.45) is 4.23. The molecule has 3 atom stereocenters. The maximum absolute atomic E-state index is 5.32. The zero-order chi connectivity index (χ0) is 23.4. The molecule has 3 aromatic rings. The topological polar surface area (TPSA) is 32.3 Å². The molecule has 3 heterocycles. The van der Waals surface area contributed by atoms with Crippen LogP contribution in [0.3, 0.4) is 0 Å². The van der Waals surface area contributed by atoms with Gasteiger partial charge in [-0.25, -0.2) is 9.97 Å². The zero-order valence-corrected chi connectivity index (χ0v) is 20.6. The first-order valence-electron chi connectivity index (χ1n) is 12.1. The largest absolute Gasteiger partial charge is 0.335 e. The Bertz CT molecular complexity index is 1190. The van der Waals surface area contributed by atoms with Gasteiger partial charge in [0.05, 0.1) is 11.9 Å². The van der Waals surface area contributed by atoms with Gasteiger partial charge in [0, 0.05) is 30.1 Å². The van der Waals surface area contributed by atoms with E-state index in [-0.39, 0.29) is 6.17 Å². The van der Waals surface area contributed by atoms with Gasteiger partial charge in [0.15, 0.2) is 11.6 Å². The van der Waals surface area contributed by atoms with E-state index >= 15 is 0 Å². The molecule has 3 unspecified atom stereocenters. The van der Waals surface area contributed by atoms with Gasteiger partial charge in [0.2, 0.25) is 0 Å². The summed E-state index contributed by atoms with van der Waals surface area (Å²) >= 11 is 0. The fourth-order valence-corrected chi connectivity index (χ4v) is 5.82. The average molecular weight is 439 g/mol. The Hall–Kier alpha value is -3.14. The lowest BCUT2D eigenvalue weighted by molar-refractivity contribution is 0.401. The summed E-state index contributed by atoms with van der Waals surface area (Å²) in [7, 11) is 2.14. The summed E-state index contributed by atoms with van der Waals surface area (Å²) in [6.45, 7) is 15.5. The van der Waals surface area contributed by atoms with Crippen molar-refractivity contribution in [2.45, 2.75) is 58.5 Å². The van der Waals surface area contributed by atoms with Gasteiger partial charge in [-0.05, 0) is 34.6 Å². The molecule has 0 radical (unpaired) electrons. The minimum Gasteiger partial charge on any atom is -0.335 e. The molecule has 0 spiro atoms. The fraction of sp³-hybridized carbons (Fsp3) is 0.379. The first-order chi connectivity index (χ1) is 15.8. The quantitative estimate of drug-likeness (QED) is 0.402. The van der Waals surface area contributed by atoms with Gasteiger partial charge in [0.1, 0.15) is 6.17 Å². The maximum Gasteiger partial charge on any atom is 0.178 e. The highest BCUT2D eigenvalue weighted by Crippen LogP contribution is 2.52. The predicted molar refractivity (Wildman–Crippen MR) is 139 cm³/mol. The molecule has 2 aromatic carbocycles. The van der Waals surface area contributed by atoms with Crippen molar-refractivity contribution in [2.75, 3.05) is 16.8 Å². The molecule has 4 heteroatoms. The lowest BCUT2D eigenvalue weighted by Crippen LogP contribution is -2.48. The number of hydrogen-bond donors (Lipinski definition) is 0. The van der Waals surface area contributed by atoms with E-state index in [1.807, 2.05) is 6.20 Å². The Morgan fingerprint density at radius 3 is 2.24 bits per heavy atom. The van der Waals surface area contributed by atoms with Crippen molar-refractivity contribution < 1.29 is 0 Å². The summed E-state index contributed by atoms with van der Waals surface area (Å²) in [6, 6.07) is 15.3. The molecule has 0 aliphatic carbocycles. The van der Waals surface area contributed by atoms with E-state index in [0.717, 1.165) is 17.3 Å². The van der Waals surface area contributed by atoms with Crippen LogP contribution >= 0.6 is 0 Å². The van der Waals surface area contributed by atoms with E-state index < -0.39 is 0 Å². The van der Waals surface area contributed by atoms with Crippen molar-refractivity contribution in [3.05, 3.63) is 78.0 Å². The molecule has 33 heavy (non-hydrogen) atoms. The van der Waals surface area contributed by atoms with Crippen molar-refractivity contribution in [1.29, 1.82) is 0 Å². The number of para-hydroxylation sites is 1. The van der Waals surface area contributed by atoms with E-state index in [0.29, 0.717) is 23.7 Å². The van der Waals surface area contributed by atoms with Crippen LogP contribution < -0.4 is 9.80 Å². The molecule has 0 saturated carbocycles. The first-order valence-corrected chi connectivity index (χ1v) is 12.1. The second kappa shape index (κ2) is 8.02. The number of anilines is 3. The minimum atomic E-state index is 0.165. The van der Waals surface area contributed by atoms with Crippen LogP contribution in [-0.4, -0.2) is 23.2 Å². The molecular weight excluding hydrogens is 404 g/mol. The van der Waals surface area contributed by atoms with Gasteiger partial charge in [-0.2, -0.15) is 0 Å². The lowest BCUT2D eigenvalue weighted by Gasteiger charge is -2.43. The average Bonchev–Trinajstić information content (AvgIpc) is 3.11. The van der Waals surface area contributed by atoms with Crippen molar-refractivity contribution in [3.8, 4) is 11.3 Å². The third kappa shape index (κ3) is 3.18. The van der Waals surface area contributed by atoms with Crippen LogP contribution in [0.25, 0.3) is 11.3 Å². The van der Waals surface area contributed by atoms with Gasteiger partial charge in [-0.3, -0.25) is 0 Å². The van der Waals surface area contributed by atoms with Crippen LogP contribution in [0.4, 0.5) is 17.3 Å². The van der Waals surface area contributed by atoms with E-state index in [1.54, 1.807) is 0 Å². The Labute approximate surface area is 198 Å². The smallest absolute Gasteiger partial charge is 0.178 e. The number of hydrogen-bond acceptors (Lipinski definition) is 4. The Kier molecular flexibility index (Phi) is 5.27. The van der Waals surface area contributed by atoms with Gasteiger partial charge in [-0.1, -0.05) is 77.1 Å². The summed E-state index contributed by atoms with van der Waals surface area (Å²) in [5.41, 5.74) is 7.40. The third-order valence-electron chi connectivity index (χ3n) is 7.43. The number of allylic oxidation sites excluding steroid dienone is 1. The molecule has 0 amide bonds. The second-order valence-electron chi connectivity index (χ2n) is 10.1. The molecule has 0 fully saturated rings. The monoisotopic (exact) mass is 438 g/mol. The van der Waals surface area contributed by atoms with Crippen molar-refractivity contribution >= 4 is 17.3 Å². The highest BCUT2D eigenvalue weighted by atomic mass is 15.5. The number of benzene rings is 2. The summed E-state index contributed by atoms with van der Waals surface area (Å²) in [4.78, 5) is 15.0. The molecule has 2 aliphatic rings. The van der Waals surface area contributed by atoms with Crippen LogP contribution in [0.2, 0.25) is 0 Å². The fourth-order valence-electron chi connectivity index (χ4n) is 5.82. The third-order valence-corrected chi connectivity index (χ3v) is 7.43. The number of fused-ring (bicyclic) bond motifs is 5. The van der Waals surface area contributed by atoms with E-state index in [2.05, 4.69) is 107 Å². The molecule has 0 saturated heterocycles. The van der Waals surface area contributed by atoms with E-state index in [4.69, 9.17) is 9.97 Å². The van der Waals surface area contributed by atoms with Crippen molar-refractivity contribution in [2.24, 2.45) is 5.92 Å². The summed E-state index contributed by atoms with van der Waals surface area (Å²) in [5.74, 6) is 3.38. The van der Waals surface area contributed by atoms with E-state index in [9.17, 15) is 0 Å². The molecule has 5 rings (SSSR count). The molecule has 4 nitrogen and oxygen atoms in total. The van der Waals surface area contributed by atoms with Gasteiger partial charge >= 0.3 is 0 Å². The second-order valence-corrected chi connectivity index (χ2v) is 10.1. The molecule has 0 bridgehead atoms. The predicted octanol–water partition coefficient (Wildman–Crippen LogP) is 7.22. The number of aromatic nitrogens is 2. The zero-order valence-electron chi connectivity index (χ0n) is 20.6. The van der Waals surface area contributed by atoms with Crippen LogP contribution in [0.5, 0.6) is 0 Å². The van der Waals surface area contributed by atoms with Crippen molar-refractivity contribution in [3.63, 3.8) is 0 Å². The Balaban J connectivity index is 1.73. The van der Waals surface area contributed by atoms with Gasteiger partial charge < -0.3 is 9.80 Å². The molecule has 2 aliphatic heterocycles. The summed E-state index contributed by atoms with van der Waals surface area (Å²) in [5, 5.41) is 0. The Morgan fingerprint density at radius 1 is 0.939 bits per heavy atom. The molecular formula is C29H34N4. The minimum absolute atomic E-state index is 0.165. The number of rotatable bonds is 4. The molecule has 170 valence electrons. The highest BCUT2D eigenvalue weighted by Gasteiger charge is 2.47. The van der Waals surface area contributed by atoms with E-state index in [1.165, 1.54) is 27.9 Å². The highest BCUT2D eigenvalue weighted by molar-refractivity contribution is 5.83. The van der Waals surface area contributed by atoms with Crippen LogP contribution in [0, 0.1) is 5.92 Å². The summed E-state index contributed by atoms with van der Waals surface area (Å²) < 4.78 is 0. The molecule has 1 aromatic heterocycles. The van der Waals surface area contributed by atoms with Crippen LogP contribution in [0.15, 0.2) is 61.3 Å². The standard InChI is InChI=1S/C29H34N4/c1-8-20-19(6)29-32(7)27-28(33(29)25-15-10-9-12-23(20)25)31-24(16-30-27)26-21(17(2)3)13-11-14-22(26)18(4)5/h8-20,29H,1H2,2-7H3. The van der Waals surface area contributed by atoms with Crippen molar-refractivity contribution in [1.82, 2.24) is 9.97 Å². The number of nitrogens with zero attached hydrogens (tertiary/aromatic N) is 4. The van der Waals surface area contributed by atoms with Gasteiger partial charge in [0.25, 0.3) is 0 Å². The lowest BCUT2D eigenvalue weighted by atomic mass is 9.80. The van der Waals surface area contributed by atoms with Crippen LogP contribution in [0.1, 0.15) is 69.1 Å².